The first kappa shape index (κ1) is 44.9. The zero-order valence-corrected chi connectivity index (χ0v) is 39.3. The maximum atomic E-state index is 2.63. The van der Waals surface area contributed by atoms with Gasteiger partial charge in [0.05, 0.1) is 13.3 Å². The Bertz CT molecular complexity index is 1750. The highest BCUT2D eigenvalue weighted by atomic mass is 15.4. The van der Waals surface area contributed by atoms with Gasteiger partial charge in [0.1, 0.15) is 0 Å². The van der Waals surface area contributed by atoms with Crippen molar-refractivity contribution < 1.29 is 0 Å². The molecule has 4 aromatic rings. The van der Waals surface area contributed by atoms with Gasteiger partial charge in [-0.2, -0.15) is 0 Å². The van der Waals surface area contributed by atoms with Gasteiger partial charge in [0.25, 0.3) is 0 Å². The van der Waals surface area contributed by atoms with Gasteiger partial charge in [-0.25, -0.2) is 0 Å². The minimum absolute atomic E-state index is 0.500. The third-order valence-corrected chi connectivity index (χ3v) is 12.3. The normalized spacial score (nSPS) is 14.6. The molecule has 0 aliphatic carbocycles. The Morgan fingerprint density at radius 3 is 0.707 bits per heavy atom. The summed E-state index contributed by atoms with van der Waals surface area (Å²) in [6, 6.07) is 27.4. The van der Waals surface area contributed by atoms with E-state index < -0.39 is 0 Å². The van der Waals surface area contributed by atoms with E-state index in [1.54, 1.807) is 0 Å². The number of rotatable bonds is 12. The first-order chi connectivity index (χ1) is 27.4. The molecule has 0 N–H and O–H groups in total. The van der Waals surface area contributed by atoms with Crippen LogP contribution < -0.4 is 19.6 Å². The second kappa shape index (κ2) is 19.3. The van der Waals surface area contributed by atoms with Crippen LogP contribution in [0.4, 0.5) is 22.7 Å². The fourth-order valence-electron chi connectivity index (χ4n) is 9.10. The molecule has 4 nitrogen and oxygen atoms in total. The van der Waals surface area contributed by atoms with Gasteiger partial charge in [-0.05, 0) is 91.9 Å². The number of hydrogen-bond acceptors (Lipinski definition) is 4. The molecule has 2 heterocycles. The van der Waals surface area contributed by atoms with Crippen LogP contribution in [0.25, 0.3) is 0 Å². The molecule has 2 aliphatic heterocycles. The SMILES string of the molecule is CC(C)c1cccc(C(C)C)c1N1C=CN(c2c(C(C)C)cccc2C(C)C)C1.CC(C)c1cccc(C(C)C)c1N1CCN(c2c(C(C)C)cccc2C(C)C)C1. The number of benzene rings is 4. The van der Waals surface area contributed by atoms with Crippen LogP contribution >= 0.6 is 0 Å². The average Bonchev–Trinajstić information content (AvgIpc) is 3.87. The molecule has 6 rings (SSSR count). The number of hydrogen-bond donors (Lipinski definition) is 0. The van der Waals surface area contributed by atoms with Gasteiger partial charge in [-0.15, -0.1) is 0 Å². The summed E-state index contributed by atoms with van der Waals surface area (Å²) >= 11 is 0. The van der Waals surface area contributed by atoms with Crippen molar-refractivity contribution in [1.82, 2.24) is 0 Å². The van der Waals surface area contributed by atoms with E-state index in [1.807, 2.05) is 0 Å². The zero-order chi connectivity index (χ0) is 42.6. The Morgan fingerprint density at radius 2 is 0.500 bits per heavy atom. The van der Waals surface area contributed by atoms with E-state index in [2.05, 4.69) is 216 Å². The van der Waals surface area contributed by atoms with Crippen molar-refractivity contribution >= 4 is 22.7 Å². The van der Waals surface area contributed by atoms with E-state index >= 15 is 0 Å². The maximum Gasteiger partial charge on any atom is 0.0989 e. The summed E-state index contributed by atoms with van der Waals surface area (Å²) in [5.41, 5.74) is 17.4. The van der Waals surface area contributed by atoms with Crippen LogP contribution in [-0.2, 0) is 0 Å². The predicted molar refractivity (Wildman–Crippen MR) is 257 cm³/mol. The monoisotopic (exact) mass is 783 g/mol. The van der Waals surface area contributed by atoms with Crippen molar-refractivity contribution in [1.29, 1.82) is 0 Å². The molecular formula is C54H78N4. The average molecular weight is 783 g/mol. The summed E-state index contributed by atoms with van der Waals surface area (Å²) < 4.78 is 0. The lowest BCUT2D eigenvalue weighted by Gasteiger charge is -2.31. The molecule has 0 spiro atoms. The number of anilines is 4. The van der Waals surface area contributed by atoms with E-state index in [0.717, 1.165) is 26.4 Å². The molecule has 1 saturated heterocycles. The highest BCUT2D eigenvalue weighted by Gasteiger charge is 2.30. The van der Waals surface area contributed by atoms with Crippen molar-refractivity contribution in [3.05, 3.63) is 130 Å². The molecule has 2 aliphatic rings. The van der Waals surface area contributed by atoms with Gasteiger partial charge in [0.15, 0.2) is 0 Å². The van der Waals surface area contributed by atoms with Crippen molar-refractivity contribution in [2.24, 2.45) is 0 Å². The lowest BCUT2D eigenvalue weighted by molar-refractivity contribution is 0.797. The molecule has 314 valence electrons. The summed E-state index contributed by atoms with van der Waals surface area (Å²) in [4.78, 5) is 10.2. The third kappa shape index (κ3) is 9.64. The van der Waals surface area contributed by atoms with Crippen molar-refractivity contribution in [3.63, 3.8) is 0 Å². The van der Waals surface area contributed by atoms with Crippen LogP contribution in [-0.4, -0.2) is 26.4 Å². The molecule has 0 aromatic heterocycles. The van der Waals surface area contributed by atoms with Crippen LogP contribution in [0.1, 0.15) is 203 Å². The van der Waals surface area contributed by atoms with Gasteiger partial charge < -0.3 is 19.6 Å². The smallest absolute Gasteiger partial charge is 0.0989 e. The van der Waals surface area contributed by atoms with E-state index in [0.29, 0.717) is 47.3 Å². The molecule has 0 amide bonds. The quantitative estimate of drug-likeness (QED) is 0.142. The van der Waals surface area contributed by atoms with Crippen LogP contribution in [0.15, 0.2) is 85.2 Å². The Balaban J connectivity index is 0.000000221. The van der Waals surface area contributed by atoms with Gasteiger partial charge in [-0.3, -0.25) is 0 Å². The largest absolute Gasteiger partial charge is 0.352 e. The first-order valence-electron chi connectivity index (χ1n) is 22.7. The number of nitrogens with zero attached hydrogens (tertiary/aromatic N) is 4. The van der Waals surface area contributed by atoms with E-state index in [-0.39, 0.29) is 0 Å². The van der Waals surface area contributed by atoms with Gasteiger partial charge in [0.2, 0.25) is 0 Å². The molecule has 4 aromatic carbocycles. The maximum absolute atomic E-state index is 2.63. The molecule has 0 saturated carbocycles. The Labute approximate surface area is 355 Å². The topological polar surface area (TPSA) is 13.0 Å². The first-order valence-corrected chi connectivity index (χ1v) is 22.7. The zero-order valence-electron chi connectivity index (χ0n) is 39.3. The fourth-order valence-corrected chi connectivity index (χ4v) is 9.10. The lowest BCUT2D eigenvalue weighted by atomic mass is 9.91. The summed E-state index contributed by atoms with van der Waals surface area (Å²) in [5, 5.41) is 0. The van der Waals surface area contributed by atoms with E-state index in [9.17, 15) is 0 Å². The summed E-state index contributed by atoms with van der Waals surface area (Å²) in [5.74, 6) is 4.14. The molecule has 1 fully saturated rings. The molecule has 58 heavy (non-hydrogen) atoms. The second-order valence-corrected chi connectivity index (χ2v) is 19.4. The fraction of sp³-hybridized carbons (Fsp3) is 0.519. The van der Waals surface area contributed by atoms with E-state index in [4.69, 9.17) is 0 Å². The molecular weight excluding hydrogens is 705 g/mol. The van der Waals surface area contributed by atoms with Crippen molar-refractivity contribution in [2.75, 3.05) is 46.0 Å². The molecule has 0 radical (unpaired) electrons. The highest BCUT2D eigenvalue weighted by molar-refractivity contribution is 5.71. The van der Waals surface area contributed by atoms with Gasteiger partial charge in [0, 0.05) is 48.2 Å². The molecule has 0 atom stereocenters. The van der Waals surface area contributed by atoms with Crippen LogP contribution in [0.5, 0.6) is 0 Å². The second-order valence-electron chi connectivity index (χ2n) is 19.4. The standard InChI is InChI=1S/C27H40N2.C27H38N2/c2*1-18(2)22-11-9-12-23(19(3)4)26(22)28-15-16-29(17-28)27-24(20(5)6)13-10-14-25(27)21(7)8/h9-14,18-21H,15-17H2,1-8H3;9-16,18-21H,17H2,1-8H3. The highest BCUT2D eigenvalue weighted by Crippen LogP contribution is 2.43. The minimum Gasteiger partial charge on any atom is -0.352 e. The van der Waals surface area contributed by atoms with Gasteiger partial charge >= 0.3 is 0 Å². The Kier molecular flexibility index (Phi) is 14.9. The summed E-state index contributed by atoms with van der Waals surface area (Å²) in [7, 11) is 0. The lowest BCUT2D eigenvalue weighted by Crippen LogP contribution is -2.28. The third-order valence-electron chi connectivity index (χ3n) is 12.3. The Morgan fingerprint density at radius 1 is 0.293 bits per heavy atom. The van der Waals surface area contributed by atoms with Crippen molar-refractivity contribution in [2.45, 2.75) is 158 Å². The van der Waals surface area contributed by atoms with E-state index in [1.165, 1.54) is 67.3 Å². The van der Waals surface area contributed by atoms with Gasteiger partial charge in [-0.1, -0.05) is 184 Å². The minimum atomic E-state index is 0.500. The molecule has 4 heteroatoms. The van der Waals surface area contributed by atoms with Crippen LogP contribution in [0, 0.1) is 0 Å². The van der Waals surface area contributed by atoms with Crippen LogP contribution in [0.2, 0.25) is 0 Å². The molecule has 0 unspecified atom stereocenters. The molecule has 0 bridgehead atoms. The number of para-hydroxylation sites is 4. The summed E-state index contributed by atoms with van der Waals surface area (Å²) in [6.45, 7) is 41.0. The summed E-state index contributed by atoms with van der Waals surface area (Å²) in [6.07, 6.45) is 4.54. The van der Waals surface area contributed by atoms with Crippen molar-refractivity contribution in [3.8, 4) is 0 Å². The van der Waals surface area contributed by atoms with Crippen LogP contribution in [0.3, 0.4) is 0 Å². The predicted octanol–water partition coefficient (Wildman–Crippen LogP) is 15.4. The Hall–Kier alpha value is -4.18.